The summed E-state index contributed by atoms with van der Waals surface area (Å²) >= 11 is 0. The quantitative estimate of drug-likeness (QED) is 0.0343. The highest BCUT2D eigenvalue weighted by atomic mass is 16.6. The van der Waals surface area contributed by atoms with Crippen LogP contribution < -0.4 is 0 Å². The van der Waals surface area contributed by atoms with Gasteiger partial charge >= 0.3 is 17.9 Å². The molecule has 1 unspecified atom stereocenters. The second kappa shape index (κ2) is 72.9. The zero-order chi connectivity index (χ0) is 59.9. The SMILES string of the molecule is CCCCCCCCCCCCCCCCCCCCCCCCCCCCCCCCCCCC(=O)OCC(COC(=O)CCCCCCCCCCCC)OC(=O)CCCCCCCCCCCCCCCCCCCCCCCC. The van der Waals surface area contributed by atoms with Crippen molar-refractivity contribution in [3.63, 3.8) is 0 Å². The minimum absolute atomic E-state index is 0.0604. The minimum atomic E-state index is -0.763. The van der Waals surface area contributed by atoms with E-state index in [-0.39, 0.29) is 31.1 Å². The van der Waals surface area contributed by atoms with Crippen LogP contribution in [0.5, 0.6) is 0 Å². The summed E-state index contributed by atoms with van der Waals surface area (Å²) in [5.41, 5.74) is 0. The van der Waals surface area contributed by atoms with Gasteiger partial charge in [0.1, 0.15) is 13.2 Å². The van der Waals surface area contributed by atoms with Gasteiger partial charge in [-0.15, -0.1) is 0 Å². The molecular weight excluding hydrogens is 1020 g/mol. The third-order valence-corrected chi connectivity index (χ3v) is 18.1. The van der Waals surface area contributed by atoms with E-state index in [1.807, 2.05) is 0 Å². The Labute approximate surface area is 520 Å². The Morgan fingerprint density at radius 1 is 0.193 bits per heavy atom. The lowest BCUT2D eigenvalue weighted by Gasteiger charge is -2.18. The van der Waals surface area contributed by atoms with E-state index in [4.69, 9.17) is 14.2 Å². The summed E-state index contributed by atoms with van der Waals surface area (Å²) in [6.45, 7) is 6.73. The molecule has 0 radical (unpaired) electrons. The highest BCUT2D eigenvalue weighted by molar-refractivity contribution is 5.71. The van der Waals surface area contributed by atoms with Gasteiger partial charge in [0.15, 0.2) is 6.10 Å². The third kappa shape index (κ3) is 71.1. The fourth-order valence-electron chi connectivity index (χ4n) is 12.3. The number of unbranched alkanes of at least 4 members (excludes halogenated alkanes) is 62. The zero-order valence-corrected chi connectivity index (χ0v) is 57.0. The molecule has 0 amide bonds. The molecule has 0 aromatic rings. The molecule has 0 heterocycles. The predicted octanol–water partition coefficient (Wildman–Crippen LogP) is 26.6. The van der Waals surface area contributed by atoms with E-state index < -0.39 is 6.10 Å². The topological polar surface area (TPSA) is 78.9 Å². The molecule has 0 rings (SSSR count). The van der Waals surface area contributed by atoms with Gasteiger partial charge in [0.25, 0.3) is 0 Å². The number of rotatable bonds is 73. The molecule has 6 heteroatoms. The number of ether oxygens (including phenoxy) is 3. The van der Waals surface area contributed by atoms with Gasteiger partial charge in [-0.1, -0.05) is 419 Å². The Morgan fingerprint density at radius 3 is 0.482 bits per heavy atom. The summed E-state index contributed by atoms with van der Waals surface area (Å²) in [5.74, 6) is -0.822. The van der Waals surface area contributed by atoms with Crippen LogP contribution in [0.25, 0.3) is 0 Å². The highest BCUT2D eigenvalue weighted by Crippen LogP contribution is 2.20. The van der Waals surface area contributed by atoms with Gasteiger partial charge < -0.3 is 14.2 Å². The number of carbonyl (C=O) groups is 3. The van der Waals surface area contributed by atoms with E-state index in [9.17, 15) is 14.4 Å². The monoisotopic (exact) mass is 1170 g/mol. The molecule has 0 fully saturated rings. The minimum Gasteiger partial charge on any atom is -0.462 e. The van der Waals surface area contributed by atoms with Gasteiger partial charge in [0, 0.05) is 19.3 Å². The second-order valence-corrected chi connectivity index (χ2v) is 26.6. The van der Waals surface area contributed by atoms with Crippen LogP contribution >= 0.6 is 0 Å². The lowest BCUT2D eigenvalue weighted by molar-refractivity contribution is -0.167. The van der Waals surface area contributed by atoms with Crippen LogP contribution in [-0.4, -0.2) is 37.2 Å². The summed E-state index contributed by atoms with van der Waals surface area (Å²) < 4.78 is 17.0. The van der Waals surface area contributed by atoms with Crippen molar-refractivity contribution in [1.82, 2.24) is 0 Å². The van der Waals surface area contributed by atoms with Crippen molar-refractivity contribution in [2.45, 2.75) is 463 Å². The summed E-state index contributed by atoms with van der Waals surface area (Å²) in [4.78, 5) is 38.4. The van der Waals surface area contributed by atoms with Crippen molar-refractivity contribution in [3.8, 4) is 0 Å². The average molecular weight is 1170 g/mol. The third-order valence-electron chi connectivity index (χ3n) is 18.1. The summed E-state index contributed by atoms with van der Waals surface area (Å²) in [6, 6.07) is 0. The molecule has 0 saturated carbocycles. The van der Waals surface area contributed by atoms with Crippen molar-refractivity contribution in [3.05, 3.63) is 0 Å². The van der Waals surface area contributed by atoms with Crippen molar-refractivity contribution in [2.24, 2.45) is 0 Å². The highest BCUT2D eigenvalue weighted by Gasteiger charge is 2.20. The predicted molar refractivity (Wildman–Crippen MR) is 363 cm³/mol. The van der Waals surface area contributed by atoms with Crippen molar-refractivity contribution < 1.29 is 28.6 Å². The Balaban J connectivity index is 4.01. The van der Waals surface area contributed by atoms with Gasteiger partial charge in [-0.2, -0.15) is 0 Å². The summed E-state index contributed by atoms with van der Waals surface area (Å²) in [6.07, 6.45) is 87.5. The van der Waals surface area contributed by atoms with Crippen LogP contribution in [0.2, 0.25) is 0 Å². The first-order chi connectivity index (χ1) is 41.0. The van der Waals surface area contributed by atoms with Crippen molar-refractivity contribution in [2.75, 3.05) is 13.2 Å². The molecule has 0 aromatic carbocycles. The Bertz CT molecular complexity index is 1250. The van der Waals surface area contributed by atoms with Crippen LogP contribution in [0, 0.1) is 0 Å². The van der Waals surface area contributed by atoms with Gasteiger partial charge in [0.05, 0.1) is 0 Å². The van der Waals surface area contributed by atoms with Crippen LogP contribution in [0.3, 0.4) is 0 Å². The average Bonchev–Trinajstić information content (AvgIpc) is 3.49. The summed E-state index contributed by atoms with van der Waals surface area (Å²) in [5, 5.41) is 0. The Morgan fingerprint density at radius 2 is 0.325 bits per heavy atom. The number of esters is 3. The zero-order valence-electron chi connectivity index (χ0n) is 57.0. The van der Waals surface area contributed by atoms with E-state index in [0.717, 1.165) is 57.8 Å². The van der Waals surface area contributed by atoms with Crippen LogP contribution in [-0.2, 0) is 28.6 Å². The molecular formula is C77H150O6. The molecule has 83 heavy (non-hydrogen) atoms. The number of carbonyl (C=O) groups excluding carboxylic acids is 3. The first-order valence-corrected chi connectivity index (χ1v) is 38.5. The van der Waals surface area contributed by atoms with Gasteiger partial charge in [-0.05, 0) is 19.3 Å². The molecule has 0 bridgehead atoms. The molecule has 494 valence electrons. The number of hydrogen-bond donors (Lipinski definition) is 0. The molecule has 6 nitrogen and oxygen atoms in total. The second-order valence-electron chi connectivity index (χ2n) is 26.6. The van der Waals surface area contributed by atoms with E-state index in [0.29, 0.717) is 19.3 Å². The molecule has 0 aromatic heterocycles. The van der Waals surface area contributed by atoms with Crippen LogP contribution in [0.1, 0.15) is 457 Å². The fourth-order valence-corrected chi connectivity index (χ4v) is 12.3. The first-order valence-electron chi connectivity index (χ1n) is 38.5. The van der Waals surface area contributed by atoms with E-state index in [1.165, 1.54) is 360 Å². The molecule has 0 aliphatic rings. The molecule has 0 aliphatic heterocycles. The smallest absolute Gasteiger partial charge is 0.306 e. The maximum absolute atomic E-state index is 12.9. The Kier molecular flexibility index (Phi) is 71.5. The molecule has 0 spiro atoms. The summed E-state index contributed by atoms with van der Waals surface area (Å²) in [7, 11) is 0. The van der Waals surface area contributed by atoms with E-state index in [2.05, 4.69) is 20.8 Å². The maximum Gasteiger partial charge on any atom is 0.306 e. The van der Waals surface area contributed by atoms with Crippen molar-refractivity contribution >= 4 is 17.9 Å². The number of hydrogen-bond acceptors (Lipinski definition) is 6. The normalized spacial score (nSPS) is 11.9. The van der Waals surface area contributed by atoms with E-state index >= 15 is 0 Å². The molecule has 1 atom stereocenters. The lowest BCUT2D eigenvalue weighted by Crippen LogP contribution is -2.30. The largest absolute Gasteiger partial charge is 0.462 e. The first kappa shape index (κ1) is 81.4. The van der Waals surface area contributed by atoms with Crippen LogP contribution in [0.4, 0.5) is 0 Å². The van der Waals surface area contributed by atoms with Crippen LogP contribution in [0.15, 0.2) is 0 Å². The fraction of sp³-hybridized carbons (Fsp3) is 0.961. The molecule has 0 saturated heterocycles. The molecule has 0 aliphatic carbocycles. The lowest BCUT2D eigenvalue weighted by atomic mass is 10.0. The van der Waals surface area contributed by atoms with Gasteiger partial charge in [-0.3, -0.25) is 14.4 Å². The maximum atomic E-state index is 12.9. The standard InChI is InChI=1S/C77H150O6/c1-4-7-10-13-16-19-22-24-26-28-30-32-34-35-36-37-38-39-40-41-42-43-44-46-47-49-51-53-55-58-61-64-67-70-76(79)82-73-74(72-81-75(78)69-66-63-60-57-21-18-15-12-9-6-3)83-77(80)71-68-65-62-59-56-54-52-50-48-45-33-31-29-27-25-23-20-17-14-11-8-5-2/h74H,4-73H2,1-3H3. The Hall–Kier alpha value is -1.59. The molecule has 0 N–H and O–H groups in total. The van der Waals surface area contributed by atoms with Crippen molar-refractivity contribution in [1.29, 1.82) is 0 Å². The van der Waals surface area contributed by atoms with Gasteiger partial charge in [0.2, 0.25) is 0 Å². The van der Waals surface area contributed by atoms with E-state index in [1.54, 1.807) is 0 Å². The van der Waals surface area contributed by atoms with Gasteiger partial charge in [-0.25, -0.2) is 0 Å².